The van der Waals surface area contributed by atoms with Gasteiger partial charge in [0.15, 0.2) is 0 Å². The van der Waals surface area contributed by atoms with Crippen molar-refractivity contribution in [2.24, 2.45) is 0 Å². The van der Waals surface area contributed by atoms with Gasteiger partial charge >= 0.3 is 5.97 Å². The Labute approximate surface area is 115 Å². The summed E-state index contributed by atoms with van der Waals surface area (Å²) >= 11 is 6.18. The van der Waals surface area contributed by atoms with Crippen LogP contribution in [0.25, 0.3) is 5.69 Å². The fourth-order valence-corrected chi connectivity index (χ4v) is 2.14. The van der Waals surface area contributed by atoms with Gasteiger partial charge < -0.3 is 10.5 Å². The second-order valence-electron chi connectivity index (χ2n) is 4.01. The highest BCUT2D eigenvalue weighted by atomic mass is 35.5. The number of nitrogens with zero attached hydrogens (tertiary/aromatic N) is 3. The first-order chi connectivity index (χ1) is 8.93. The normalized spacial score (nSPS) is 10.5. The van der Waals surface area contributed by atoms with Gasteiger partial charge in [-0.2, -0.15) is 5.10 Å². The van der Waals surface area contributed by atoms with Crippen molar-refractivity contribution in [3.8, 4) is 5.69 Å². The zero-order valence-electron chi connectivity index (χ0n) is 10.8. The number of halogens is 1. The van der Waals surface area contributed by atoms with Crippen LogP contribution in [-0.4, -0.2) is 27.8 Å². The van der Waals surface area contributed by atoms with Crippen molar-refractivity contribution in [1.82, 2.24) is 14.8 Å². The third-order valence-corrected chi connectivity index (χ3v) is 2.87. The van der Waals surface area contributed by atoms with Crippen molar-refractivity contribution in [1.29, 1.82) is 0 Å². The van der Waals surface area contributed by atoms with E-state index in [0.29, 0.717) is 28.0 Å². The Hall–Kier alpha value is -2.08. The van der Waals surface area contributed by atoms with E-state index in [1.807, 2.05) is 0 Å². The molecule has 2 N–H and O–H groups in total. The number of nitrogen functional groups attached to an aromatic ring is 1. The minimum Gasteiger partial charge on any atom is -0.465 e. The maximum atomic E-state index is 11.8. The topological polar surface area (TPSA) is 83.0 Å². The number of hydrogen-bond donors (Lipinski definition) is 1. The van der Waals surface area contributed by atoms with Gasteiger partial charge in [-0.3, -0.25) is 0 Å². The molecule has 0 fully saturated rings. The number of hydrogen-bond acceptors (Lipinski definition) is 5. The molecule has 0 saturated heterocycles. The Morgan fingerprint density at radius 2 is 2.11 bits per heavy atom. The number of esters is 1. The van der Waals surface area contributed by atoms with Crippen LogP contribution in [-0.2, 0) is 4.74 Å². The molecule has 0 spiro atoms. The highest BCUT2D eigenvalue weighted by Gasteiger charge is 2.20. The largest absolute Gasteiger partial charge is 0.465 e. The summed E-state index contributed by atoms with van der Waals surface area (Å²) in [6.07, 6.45) is 0. The molecule has 19 heavy (non-hydrogen) atoms. The minimum absolute atomic E-state index is 0.250. The number of benzene rings is 1. The number of carbonyl (C=O) groups excluding carboxylic acids is 1. The molecule has 0 atom stereocenters. The average molecular weight is 281 g/mol. The third-order valence-electron chi connectivity index (χ3n) is 2.58. The number of carbonyl (C=O) groups is 1. The molecule has 2 aromatic rings. The monoisotopic (exact) mass is 280 g/mol. The van der Waals surface area contributed by atoms with Gasteiger partial charge in [0.05, 0.1) is 17.7 Å². The van der Waals surface area contributed by atoms with Gasteiger partial charge in [0.25, 0.3) is 0 Å². The SMILES string of the molecule is COC(=O)c1cc(N)cc(Cl)c1-n1nc(C)nc1C. The average Bonchev–Trinajstić information content (AvgIpc) is 2.66. The molecule has 0 bridgehead atoms. The van der Waals surface area contributed by atoms with E-state index in [0.717, 1.165) is 0 Å². The molecular formula is C12H13ClN4O2. The molecule has 1 heterocycles. The summed E-state index contributed by atoms with van der Waals surface area (Å²) in [6.45, 7) is 3.53. The maximum Gasteiger partial charge on any atom is 0.340 e. The zero-order chi connectivity index (χ0) is 14.2. The van der Waals surface area contributed by atoms with Crippen molar-refractivity contribution < 1.29 is 9.53 Å². The van der Waals surface area contributed by atoms with Gasteiger partial charge in [-0.25, -0.2) is 14.5 Å². The number of anilines is 1. The number of ether oxygens (including phenoxy) is 1. The summed E-state index contributed by atoms with van der Waals surface area (Å²) in [5.74, 6) is 0.673. The van der Waals surface area contributed by atoms with Crippen LogP contribution in [0.3, 0.4) is 0 Å². The van der Waals surface area contributed by atoms with Crippen LogP contribution in [0.4, 0.5) is 5.69 Å². The lowest BCUT2D eigenvalue weighted by molar-refractivity contribution is 0.0600. The number of aromatic nitrogens is 3. The third kappa shape index (κ3) is 2.39. The quantitative estimate of drug-likeness (QED) is 0.671. The minimum atomic E-state index is -0.531. The van der Waals surface area contributed by atoms with Gasteiger partial charge in [-0.05, 0) is 26.0 Å². The first-order valence-corrected chi connectivity index (χ1v) is 5.89. The van der Waals surface area contributed by atoms with Crippen molar-refractivity contribution in [3.63, 3.8) is 0 Å². The smallest absolute Gasteiger partial charge is 0.340 e. The lowest BCUT2D eigenvalue weighted by atomic mass is 10.1. The summed E-state index contributed by atoms with van der Waals surface area (Å²) in [6, 6.07) is 3.06. The molecule has 0 unspecified atom stereocenters. The van der Waals surface area contributed by atoms with Gasteiger partial charge in [-0.15, -0.1) is 0 Å². The highest BCUT2D eigenvalue weighted by Crippen LogP contribution is 2.28. The van der Waals surface area contributed by atoms with Crippen LogP contribution in [0, 0.1) is 13.8 Å². The molecule has 0 aliphatic rings. The number of aryl methyl sites for hydroxylation is 2. The molecule has 100 valence electrons. The van der Waals surface area contributed by atoms with E-state index >= 15 is 0 Å². The standard InChI is InChI=1S/C12H13ClN4O2/c1-6-15-7(2)17(16-6)11-9(12(18)19-3)4-8(14)5-10(11)13/h4-5H,14H2,1-3H3. The van der Waals surface area contributed by atoms with E-state index in [4.69, 9.17) is 22.1 Å². The van der Waals surface area contributed by atoms with Gasteiger partial charge in [0.1, 0.15) is 17.3 Å². The summed E-state index contributed by atoms with van der Waals surface area (Å²) in [5.41, 5.74) is 6.75. The van der Waals surface area contributed by atoms with Crippen molar-refractivity contribution >= 4 is 23.3 Å². The first kappa shape index (κ1) is 13.4. The molecule has 6 nitrogen and oxygen atoms in total. The fourth-order valence-electron chi connectivity index (χ4n) is 1.83. The molecule has 2 rings (SSSR count). The molecule has 0 aliphatic carbocycles. The predicted octanol–water partition coefficient (Wildman–Crippen LogP) is 1.91. The Bertz CT molecular complexity index is 651. The molecule has 0 radical (unpaired) electrons. The van der Waals surface area contributed by atoms with Crippen molar-refractivity contribution in [2.45, 2.75) is 13.8 Å². The van der Waals surface area contributed by atoms with Gasteiger partial charge in [-0.1, -0.05) is 11.6 Å². The zero-order valence-corrected chi connectivity index (χ0v) is 11.5. The summed E-state index contributed by atoms with van der Waals surface area (Å²) in [4.78, 5) is 16.0. The van der Waals surface area contributed by atoms with Crippen LogP contribution in [0.2, 0.25) is 5.02 Å². The van der Waals surface area contributed by atoms with Crippen LogP contribution >= 0.6 is 11.6 Å². The molecule has 0 amide bonds. The summed E-state index contributed by atoms with van der Waals surface area (Å²) in [7, 11) is 1.29. The van der Waals surface area contributed by atoms with Crippen LogP contribution in [0.15, 0.2) is 12.1 Å². The molecule has 1 aromatic carbocycles. The Morgan fingerprint density at radius 1 is 1.42 bits per heavy atom. The van der Waals surface area contributed by atoms with Crippen LogP contribution in [0.5, 0.6) is 0 Å². The van der Waals surface area contributed by atoms with E-state index in [9.17, 15) is 4.79 Å². The molecular weight excluding hydrogens is 268 g/mol. The van der Waals surface area contributed by atoms with Gasteiger partial charge in [0, 0.05) is 5.69 Å². The lowest BCUT2D eigenvalue weighted by Crippen LogP contribution is -2.11. The molecule has 0 aliphatic heterocycles. The van der Waals surface area contributed by atoms with Crippen molar-refractivity contribution in [2.75, 3.05) is 12.8 Å². The van der Waals surface area contributed by atoms with Crippen LogP contribution < -0.4 is 5.73 Å². The number of nitrogens with two attached hydrogens (primary N) is 1. The summed E-state index contributed by atoms with van der Waals surface area (Å²) in [5, 5.41) is 4.53. The Kier molecular flexibility index (Phi) is 3.44. The highest BCUT2D eigenvalue weighted by molar-refractivity contribution is 6.33. The van der Waals surface area contributed by atoms with E-state index in [1.165, 1.54) is 17.9 Å². The van der Waals surface area contributed by atoms with Crippen molar-refractivity contribution in [3.05, 3.63) is 34.4 Å². The summed E-state index contributed by atoms with van der Waals surface area (Å²) < 4.78 is 6.24. The van der Waals surface area contributed by atoms with Crippen LogP contribution in [0.1, 0.15) is 22.0 Å². The predicted molar refractivity (Wildman–Crippen MR) is 71.6 cm³/mol. The second-order valence-corrected chi connectivity index (χ2v) is 4.42. The number of rotatable bonds is 2. The first-order valence-electron chi connectivity index (χ1n) is 5.52. The number of methoxy groups -OCH3 is 1. The maximum absolute atomic E-state index is 11.8. The lowest BCUT2D eigenvalue weighted by Gasteiger charge is -2.12. The Morgan fingerprint density at radius 3 is 2.63 bits per heavy atom. The van der Waals surface area contributed by atoms with Gasteiger partial charge in [0.2, 0.25) is 0 Å². The fraction of sp³-hybridized carbons (Fsp3) is 0.250. The Balaban J connectivity index is 2.74. The van der Waals surface area contributed by atoms with E-state index < -0.39 is 5.97 Å². The molecule has 7 heteroatoms. The molecule has 0 saturated carbocycles. The van der Waals surface area contributed by atoms with E-state index in [2.05, 4.69) is 10.1 Å². The second kappa shape index (κ2) is 4.89. The molecule has 1 aromatic heterocycles. The van der Waals surface area contributed by atoms with E-state index in [1.54, 1.807) is 19.9 Å². The van der Waals surface area contributed by atoms with E-state index in [-0.39, 0.29) is 5.56 Å².